The van der Waals surface area contributed by atoms with E-state index >= 15 is 0 Å². The largest absolute Gasteiger partial charge is 0.488 e. The van der Waals surface area contributed by atoms with Gasteiger partial charge in [-0.05, 0) is 50.6 Å². The summed E-state index contributed by atoms with van der Waals surface area (Å²) < 4.78 is 5.68. The number of hydrogen-bond donors (Lipinski definition) is 2. The van der Waals surface area contributed by atoms with E-state index in [9.17, 15) is 9.59 Å². The third-order valence-electron chi connectivity index (χ3n) is 2.31. The standard InChI is InChI=1S/C15H20N2O5/c1-15(2,3)22-12-6-4-11(5-7-12)8-16-17(9-13(18)19)10-14(20)21/h4-8H,9-10H2,1-3H3,(H,18,19)(H,20,21)/b16-8-. The van der Waals surface area contributed by atoms with Crippen LogP contribution in [0.25, 0.3) is 0 Å². The summed E-state index contributed by atoms with van der Waals surface area (Å²) >= 11 is 0. The molecule has 0 amide bonds. The lowest BCUT2D eigenvalue weighted by molar-refractivity contribution is -0.141. The van der Waals surface area contributed by atoms with Crippen LogP contribution in [0, 0.1) is 0 Å². The molecule has 0 aliphatic rings. The number of nitrogens with zero attached hydrogens (tertiary/aromatic N) is 2. The summed E-state index contributed by atoms with van der Waals surface area (Å²) in [4.78, 5) is 21.3. The fourth-order valence-electron chi connectivity index (χ4n) is 1.57. The van der Waals surface area contributed by atoms with Gasteiger partial charge in [0.15, 0.2) is 0 Å². The quantitative estimate of drug-likeness (QED) is 0.587. The van der Waals surface area contributed by atoms with Crippen molar-refractivity contribution in [3.63, 3.8) is 0 Å². The van der Waals surface area contributed by atoms with Gasteiger partial charge in [-0.2, -0.15) is 5.10 Å². The molecule has 0 heterocycles. The number of ether oxygens (including phenoxy) is 1. The summed E-state index contributed by atoms with van der Waals surface area (Å²) in [6.45, 7) is 4.87. The second-order valence-electron chi connectivity index (χ2n) is 5.64. The monoisotopic (exact) mass is 308 g/mol. The van der Waals surface area contributed by atoms with Crippen molar-refractivity contribution in [3.8, 4) is 5.75 Å². The van der Waals surface area contributed by atoms with Crippen LogP contribution in [0.5, 0.6) is 5.75 Å². The van der Waals surface area contributed by atoms with Crippen LogP contribution in [-0.4, -0.2) is 52.1 Å². The lowest BCUT2D eigenvalue weighted by Gasteiger charge is -2.21. The molecule has 2 N–H and O–H groups in total. The minimum absolute atomic E-state index is 0.296. The van der Waals surface area contributed by atoms with E-state index in [0.717, 1.165) is 5.01 Å². The third-order valence-corrected chi connectivity index (χ3v) is 2.31. The highest BCUT2D eigenvalue weighted by molar-refractivity contribution is 5.80. The minimum atomic E-state index is -1.15. The lowest BCUT2D eigenvalue weighted by atomic mass is 10.2. The van der Waals surface area contributed by atoms with Crippen molar-refractivity contribution < 1.29 is 24.5 Å². The molecule has 0 bridgehead atoms. The molecule has 7 nitrogen and oxygen atoms in total. The number of benzene rings is 1. The molecule has 0 radical (unpaired) electrons. The summed E-state index contributed by atoms with van der Waals surface area (Å²) in [5, 5.41) is 22.3. The Balaban J connectivity index is 2.74. The van der Waals surface area contributed by atoms with Crippen molar-refractivity contribution in [1.82, 2.24) is 5.01 Å². The average molecular weight is 308 g/mol. The van der Waals surface area contributed by atoms with Crippen LogP contribution in [0.4, 0.5) is 0 Å². The molecule has 0 unspecified atom stereocenters. The first-order chi connectivity index (χ1) is 10.2. The Hall–Kier alpha value is -2.57. The van der Waals surface area contributed by atoms with Gasteiger partial charge in [-0.15, -0.1) is 0 Å². The second-order valence-corrected chi connectivity index (χ2v) is 5.64. The van der Waals surface area contributed by atoms with Gasteiger partial charge in [-0.1, -0.05) is 0 Å². The van der Waals surface area contributed by atoms with Crippen molar-refractivity contribution in [3.05, 3.63) is 29.8 Å². The topological polar surface area (TPSA) is 99.4 Å². The number of hydrogen-bond acceptors (Lipinski definition) is 5. The number of rotatable bonds is 7. The summed E-state index contributed by atoms with van der Waals surface area (Å²) in [5.41, 5.74) is 0.414. The Bertz CT molecular complexity index is 530. The van der Waals surface area contributed by atoms with E-state index in [1.807, 2.05) is 20.8 Å². The van der Waals surface area contributed by atoms with Crippen molar-refractivity contribution in [2.45, 2.75) is 26.4 Å². The van der Waals surface area contributed by atoms with Crippen LogP contribution in [-0.2, 0) is 9.59 Å². The van der Waals surface area contributed by atoms with E-state index in [1.54, 1.807) is 24.3 Å². The van der Waals surface area contributed by atoms with E-state index in [-0.39, 0.29) is 5.60 Å². The first-order valence-corrected chi connectivity index (χ1v) is 6.67. The molecule has 0 saturated carbocycles. The molecule has 1 aromatic rings. The van der Waals surface area contributed by atoms with Crippen molar-refractivity contribution in [2.75, 3.05) is 13.1 Å². The zero-order chi connectivity index (χ0) is 16.8. The predicted octanol–water partition coefficient (Wildman–Crippen LogP) is 1.67. The Labute approximate surface area is 128 Å². The molecule has 120 valence electrons. The van der Waals surface area contributed by atoms with Crippen LogP contribution in [0.1, 0.15) is 26.3 Å². The van der Waals surface area contributed by atoms with Crippen LogP contribution in [0.15, 0.2) is 29.4 Å². The molecule has 22 heavy (non-hydrogen) atoms. The summed E-state index contributed by atoms with van der Waals surface area (Å²) in [5.74, 6) is -1.59. The third kappa shape index (κ3) is 7.28. The van der Waals surface area contributed by atoms with Crippen LogP contribution in [0.2, 0.25) is 0 Å². The first-order valence-electron chi connectivity index (χ1n) is 6.67. The van der Waals surface area contributed by atoms with Gasteiger partial charge < -0.3 is 14.9 Å². The Kier molecular flexibility index (Phi) is 5.91. The summed E-state index contributed by atoms with van der Waals surface area (Å²) in [6.07, 6.45) is 1.41. The smallest absolute Gasteiger partial charge is 0.324 e. The summed E-state index contributed by atoms with van der Waals surface area (Å²) in [6, 6.07) is 7.05. The van der Waals surface area contributed by atoms with Crippen molar-refractivity contribution in [2.24, 2.45) is 5.10 Å². The Morgan fingerprint density at radius 2 is 1.64 bits per heavy atom. The van der Waals surface area contributed by atoms with Crippen LogP contribution >= 0.6 is 0 Å². The molecule has 1 rings (SSSR count). The van der Waals surface area contributed by atoms with Crippen molar-refractivity contribution >= 4 is 18.2 Å². The van der Waals surface area contributed by atoms with Gasteiger partial charge in [-0.25, -0.2) is 0 Å². The van der Waals surface area contributed by atoms with E-state index in [1.165, 1.54) is 6.21 Å². The molecule has 0 atom stereocenters. The molecule has 7 heteroatoms. The molecule has 0 spiro atoms. The number of aliphatic carboxylic acids is 2. The van der Waals surface area contributed by atoms with Gasteiger partial charge >= 0.3 is 11.9 Å². The number of hydrazone groups is 1. The number of carboxylic acids is 2. The first kappa shape index (κ1) is 17.5. The maximum atomic E-state index is 10.7. The lowest BCUT2D eigenvalue weighted by Crippen LogP contribution is -2.30. The Morgan fingerprint density at radius 1 is 1.14 bits per heavy atom. The molecule has 0 aliphatic heterocycles. The number of carbonyl (C=O) groups is 2. The van der Waals surface area contributed by atoms with E-state index in [4.69, 9.17) is 14.9 Å². The van der Waals surface area contributed by atoms with Crippen molar-refractivity contribution in [1.29, 1.82) is 0 Å². The fourth-order valence-corrected chi connectivity index (χ4v) is 1.57. The molecule has 0 fully saturated rings. The predicted molar refractivity (Wildman–Crippen MR) is 81.3 cm³/mol. The fraction of sp³-hybridized carbons (Fsp3) is 0.400. The van der Waals surface area contributed by atoms with Gasteiger partial charge in [0.1, 0.15) is 24.4 Å². The second kappa shape index (κ2) is 7.44. The van der Waals surface area contributed by atoms with E-state index < -0.39 is 25.0 Å². The van der Waals surface area contributed by atoms with Gasteiger partial charge in [0.25, 0.3) is 0 Å². The average Bonchev–Trinajstić information content (AvgIpc) is 2.34. The highest BCUT2D eigenvalue weighted by atomic mass is 16.5. The number of carboxylic acid groups (broad SMARTS) is 2. The maximum Gasteiger partial charge on any atom is 0.324 e. The highest BCUT2D eigenvalue weighted by Gasteiger charge is 2.12. The molecule has 0 saturated heterocycles. The zero-order valence-electron chi connectivity index (χ0n) is 12.8. The molecule has 0 aromatic heterocycles. The molecular weight excluding hydrogens is 288 g/mol. The Morgan fingerprint density at radius 3 is 2.05 bits per heavy atom. The minimum Gasteiger partial charge on any atom is -0.488 e. The van der Waals surface area contributed by atoms with Gasteiger partial charge in [0.05, 0.1) is 6.21 Å². The van der Waals surface area contributed by atoms with Gasteiger partial charge in [0, 0.05) is 0 Å². The highest BCUT2D eigenvalue weighted by Crippen LogP contribution is 2.17. The van der Waals surface area contributed by atoms with Crippen LogP contribution in [0.3, 0.4) is 0 Å². The zero-order valence-corrected chi connectivity index (χ0v) is 12.8. The van der Waals surface area contributed by atoms with Gasteiger partial charge in [0.2, 0.25) is 0 Å². The molecular formula is C15H20N2O5. The molecule has 0 aliphatic carbocycles. The van der Waals surface area contributed by atoms with Gasteiger partial charge in [-0.3, -0.25) is 14.6 Å². The van der Waals surface area contributed by atoms with E-state index in [2.05, 4.69) is 5.10 Å². The summed E-state index contributed by atoms with van der Waals surface area (Å²) in [7, 11) is 0. The maximum absolute atomic E-state index is 10.7. The van der Waals surface area contributed by atoms with E-state index in [0.29, 0.717) is 11.3 Å². The normalized spacial score (nSPS) is 11.4. The SMILES string of the molecule is CC(C)(C)Oc1ccc(/C=N\N(CC(=O)O)CC(=O)O)cc1. The van der Waals surface area contributed by atoms with Crippen LogP contribution < -0.4 is 4.74 Å². The molecule has 1 aromatic carbocycles.